The normalized spacial score (nSPS) is 13.0. The Morgan fingerprint density at radius 3 is 2.22 bits per heavy atom. The van der Waals surface area contributed by atoms with Crippen LogP contribution in [0.4, 0.5) is 0 Å². The van der Waals surface area contributed by atoms with Crippen LogP contribution in [0.25, 0.3) is 17.7 Å². The molecule has 2 rings (SSSR count). The first kappa shape index (κ1) is 17.0. The van der Waals surface area contributed by atoms with E-state index in [2.05, 4.69) is 90.3 Å². The Bertz CT molecular complexity index is 892. The zero-order valence-corrected chi connectivity index (χ0v) is 15.0. The zero-order chi connectivity index (χ0) is 17.1. The lowest BCUT2D eigenvalue weighted by atomic mass is 9.96. The maximum atomic E-state index is 4.18. The van der Waals surface area contributed by atoms with E-state index >= 15 is 0 Å². The molecule has 0 radical (unpaired) electrons. The van der Waals surface area contributed by atoms with Crippen molar-refractivity contribution in [1.29, 1.82) is 0 Å². The molecule has 0 amide bonds. The van der Waals surface area contributed by atoms with Gasteiger partial charge in [-0.05, 0) is 72.9 Å². The third-order valence-corrected chi connectivity index (χ3v) is 4.34. The number of aryl methyl sites for hydroxylation is 3. The van der Waals surface area contributed by atoms with Crippen LogP contribution >= 0.6 is 0 Å². The van der Waals surface area contributed by atoms with E-state index in [0.29, 0.717) is 0 Å². The summed E-state index contributed by atoms with van der Waals surface area (Å²) in [5, 5.41) is 2.21. The molecule has 0 nitrogen and oxygen atoms in total. The molecule has 0 fully saturated rings. The predicted octanol–water partition coefficient (Wildman–Crippen LogP) is 4.85. The van der Waals surface area contributed by atoms with Gasteiger partial charge in [0.25, 0.3) is 0 Å². The van der Waals surface area contributed by atoms with E-state index in [1.807, 2.05) is 0 Å². The molecular formula is C23H26. The second-order valence-corrected chi connectivity index (χ2v) is 6.48. The first-order valence-electron chi connectivity index (χ1n) is 8.01. The molecule has 0 aliphatic heterocycles. The molecule has 2 aromatic carbocycles. The Balaban J connectivity index is 2.68. The van der Waals surface area contributed by atoms with E-state index in [4.69, 9.17) is 0 Å². The lowest BCUT2D eigenvalue weighted by molar-refractivity contribution is 1.32. The van der Waals surface area contributed by atoms with Gasteiger partial charge in [-0.15, -0.1) is 0 Å². The molecule has 0 heterocycles. The Labute approximate surface area is 140 Å². The molecule has 0 spiro atoms. The Morgan fingerprint density at radius 2 is 1.61 bits per heavy atom. The lowest BCUT2D eigenvalue weighted by Crippen LogP contribution is -2.25. The molecule has 0 aliphatic rings. The Kier molecular flexibility index (Phi) is 5.05. The standard InChI is InChI=1S/C23H26/c1-15(2)22(23-12-16(3)8-9-18(23)5)14-20(7)21-11-10-17(4)19(6)13-21/h8-14H,1,5H2,2-4,6-7H3/b20-14+,23-22+. The Morgan fingerprint density at radius 1 is 0.913 bits per heavy atom. The summed E-state index contributed by atoms with van der Waals surface area (Å²) in [5.41, 5.74) is 8.60. The van der Waals surface area contributed by atoms with Gasteiger partial charge in [0.1, 0.15) is 0 Å². The van der Waals surface area contributed by atoms with E-state index in [-0.39, 0.29) is 0 Å². The number of benzene rings is 2. The number of hydrogen-bond donors (Lipinski definition) is 0. The summed E-state index contributed by atoms with van der Waals surface area (Å²) in [6, 6.07) is 13.0. The largest absolute Gasteiger partial charge is 0.0955 e. The van der Waals surface area contributed by atoms with Crippen LogP contribution in [0.1, 0.15) is 36.1 Å². The van der Waals surface area contributed by atoms with Crippen LogP contribution in [0.3, 0.4) is 0 Å². The van der Waals surface area contributed by atoms with Gasteiger partial charge in [0.2, 0.25) is 0 Å². The maximum Gasteiger partial charge on any atom is -0.0112 e. The van der Waals surface area contributed by atoms with E-state index in [0.717, 1.165) is 16.4 Å². The second-order valence-electron chi connectivity index (χ2n) is 6.48. The van der Waals surface area contributed by atoms with Gasteiger partial charge in [0.05, 0.1) is 0 Å². The molecule has 0 atom stereocenters. The lowest BCUT2D eigenvalue weighted by Gasteiger charge is -2.09. The molecule has 23 heavy (non-hydrogen) atoms. The highest BCUT2D eigenvalue weighted by molar-refractivity contribution is 5.82. The van der Waals surface area contributed by atoms with Crippen LogP contribution in [0.15, 0.2) is 54.6 Å². The van der Waals surface area contributed by atoms with E-state index in [1.54, 1.807) is 0 Å². The van der Waals surface area contributed by atoms with Crippen LogP contribution in [-0.2, 0) is 0 Å². The first-order valence-corrected chi connectivity index (χ1v) is 8.01. The van der Waals surface area contributed by atoms with Crippen molar-refractivity contribution in [1.82, 2.24) is 0 Å². The average Bonchev–Trinajstić information content (AvgIpc) is 2.49. The van der Waals surface area contributed by atoms with Crippen molar-refractivity contribution in [3.05, 3.63) is 87.3 Å². The molecular weight excluding hydrogens is 276 g/mol. The van der Waals surface area contributed by atoms with Gasteiger partial charge in [0.15, 0.2) is 0 Å². The van der Waals surface area contributed by atoms with E-state index in [9.17, 15) is 0 Å². The van der Waals surface area contributed by atoms with Gasteiger partial charge >= 0.3 is 0 Å². The van der Waals surface area contributed by atoms with Crippen molar-refractivity contribution in [3.63, 3.8) is 0 Å². The highest BCUT2D eigenvalue weighted by Gasteiger charge is 2.03. The fourth-order valence-corrected chi connectivity index (χ4v) is 2.66. The van der Waals surface area contributed by atoms with Crippen LogP contribution in [0.5, 0.6) is 0 Å². The van der Waals surface area contributed by atoms with Gasteiger partial charge in [0, 0.05) is 0 Å². The molecule has 0 aliphatic carbocycles. The van der Waals surface area contributed by atoms with Gasteiger partial charge in [-0.3, -0.25) is 0 Å². The van der Waals surface area contributed by atoms with Crippen molar-refractivity contribution in [2.75, 3.05) is 0 Å². The van der Waals surface area contributed by atoms with E-state index < -0.39 is 0 Å². The number of hydrogen-bond acceptors (Lipinski definition) is 0. The van der Waals surface area contributed by atoms with Crippen molar-refractivity contribution in [2.24, 2.45) is 0 Å². The van der Waals surface area contributed by atoms with Gasteiger partial charge < -0.3 is 0 Å². The van der Waals surface area contributed by atoms with Crippen LogP contribution in [-0.4, -0.2) is 0 Å². The van der Waals surface area contributed by atoms with Crippen molar-refractivity contribution in [2.45, 2.75) is 34.6 Å². The molecule has 0 bridgehead atoms. The SMILES string of the molecule is C=C(C)C(/C=C(\C)c1ccc(C)c(C)c1)=c1\cc(C)ccc1=C. The van der Waals surface area contributed by atoms with Crippen LogP contribution < -0.4 is 10.4 Å². The summed E-state index contributed by atoms with van der Waals surface area (Å²) in [6.45, 7) is 19.0. The molecule has 0 aromatic heterocycles. The third kappa shape index (κ3) is 3.90. The predicted molar refractivity (Wildman–Crippen MR) is 104 cm³/mol. The second kappa shape index (κ2) is 6.83. The molecule has 0 saturated carbocycles. The molecule has 0 N–H and O–H groups in total. The van der Waals surface area contributed by atoms with Crippen molar-refractivity contribution in [3.8, 4) is 0 Å². The summed E-state index contributed by atoms with van der Waals surface area (Å²) in [7, 11) is 0. The van der Waals surface area contributed by atoms with Gasteiger partial charge in [-0.25, -0.2) is 0 Å². The fourth-order valence-electron chi connectivity index (χ4n) is 2.66. The van der Waals surface area contributed by atoms with Gasteiger partial charge in [-0.1, -0.05) is 66.8 Å². The summed E-state index contributed by atoms with van der Waals surface area (Å²) in [4.78, 5) is 0. The van der Waals surface area contributed by atoms with Crippen molar-refractivity contribution >= 4 is 17.7 Å². The quantitative estimate of drug-likeness (QED) is 0.760. The molecule has 0 saturated heterocycles. The minimum absolute atomic E-state index is 1.04. The summed E-state index contributed by atoms with van der Waals surface area (Å²) < 4.78 is 0. The minimum Gasteiger partial charge on any atom is -0.0955 e. The Hall–Kier alpha value is -2.34. The summed E-state index contributed by atoms with van der Waals surface area (Å²) in [6.07, 6.45) is 2.23. The molecule has 2 aromatic rings. The molecule has 0 heteroatoms. The maximum absolute atomic E-state index is 4.18. The molecule has 0 unspecified atom stereocenters. The number of allylic oxidation sites excluding steroid dienone is 3. The van der Waals surface area contributed by atoms with Crippen molar-refractivity contribution < 1.29 is 0 Å². The third-order valence-electron chi connectivity index (χ3n) is 4.34. The minimum atomic E-state index is 1.04. The van der Waals surface area contributed by atoms with E-state index in [1.165, 1.54) is 33.0 Å². The average molecular weight is 302 g/mol. The summed E-state index contributed by atoms with van der Waals surface area (Å²) in [5.74, 6) is 0. The van der Waals surface area contributed by atoms with Crippen LogP contribution in [0, 0.1) is 20.8 Å². The monoisotopic (exact) mass is 302 g/mol. The fraction of sp³-hybridized carbons (Fsp3) is 0.217. The highest BCUT2D eigenvalue weighted by atomic mass is 14.1. The zero-order valence-electron chi connectivity index (χ0n) is 15.0. The smallest absolute Gasteiger partial charge is 0.0112 e. The van der Waals surface area contributed by atoms with Gasteiger partial charge in [-0.2, -0.15) is 0 Å². The summed E-state index contributed by atoms with van der Waals surface area (Å²) >= 11 is 0. The topological polar surface area (TPSA) is 0 Å². The number of rotatable bonds is 3. The highest BCUT2D eigenvalue weighted by Crippen LogP contribution is 2.21. The first-order chi connectivity index (χ1) is 10.8. The van der Waals surface area contributed by atoms with Crippen LogP contribution in [0.2, 0.25) is 0 Å². The molecule has 118 valence electrons.